The van der Waals surface area contributed by atoms with Crippen LogP contribution in [0, 0.1) is 5.92 Å². The van der Waals surface area contributed by atoms with Crippen LogP contribution in [0.2, 0.25) is 0 Å². The number of sulfone groups is 1. The third-order valence-electron chi connectivity index (χ3n) is 7.52. The molecule has 3 atom stereocenters. The van der Waals surface area contributed by atoms with Crippen molar-refractivity contribution in [1.82, 2.24) is 10.3 Å². The number of carbonyl (C=O) groups excluding carboxylic acids is 1. The van der Waals surface area contributed by atoms with E-state index in [0.29, 0.717) is 10.7 Å². The van der Waals surface area contributed by atoms with Gasteiger partial charge in [0.05, 0.1) is 54.3 Å². The zero-order valence-electron chi connectivity index (χ0n) is 23.6. The highest BCUT2D eigenvalue weighted by Gasteiger charge is 2.37. The Bertz CT molecular complexity index is 1560. The van der Waals surface area contributed by atoms with E-state index in [1.165, 1.54) is 42.6 Å². The highest BCUT2D eigenvalue weighted by atomic mass is 32.2. The summed E-state index contributed by atoms with van der Waals surface area (Å²) in [6, 6.07) is 8.63. The first-order chi connectivity index (χ1) is 21.3. The molecular weight excluding hydrogens is 645 g/mol. The topological polar surface area (TPSA) is 118 Å². The van der Waals surface area contributed by atoms with Crippen LogP contribution in [-0.4, -0.2) is 68.7 Å². The molecule has 5 rings (SSSR count). The van der Waals surface area contributed by atoms with E-state index in [0.717, 1.165) is 36.3 Å². The Hall–Kier alpha value is -3.34. The van der Waals surface area contributed by atoms with Gasteiger partial charge in [-0.1, -0.05) is 23.5 Å². The average molecular weight is 676 g/mol. The zero-order chi connectivity index (χ0) is 32.4. The Kier molecular flexibility index (Phi) is 9.96. The van der Waals surface area contributed by atoms with Crippen molar-refractivity contribution in [2.75, 3.05) is 30.4 Å². The number of rotatable bonds is 13. The lowest BCUT2D eigenvalue weighted by molar-refractivity contribution is -0.137. The SMILES string of the molecule is O=C(N[C@@H](CO)c1ccc(S(=O)(=O)CC2CC2)cc1)c1cnc(N2C[C@@H](Oc3ccc(C(F)(F)F)cc3)C[C@H]2COC(F)F)s1. The molecule has 0 radical (unpaired) electrons. The maximum absolute atomic E-state index is 13.1. The van der Waals surface area contributed by atoms with Crippen LogP contribution in [0.25, 0.3) is 0 Å². The van der Waals surface area contributed by atoms with Crippen LogP contribution in [0.1, 0.15) is 46.1 Å². The van der Waals surface area contributed by atoms with Crippen LogP contribution in [-0.2, 0) is 20.8 Å². The van der Waals surface area contributed by atoms with Crippen molar-refractivity contribution in [1.29, 1.82) is 0 Å². The normalized spacial score (nSPS) is 19.6. The van der Waals surface area contributed by atoms with Crippen LogP contribution in [0.5, 0.6) is 5.75 Å². The molecule has 3 aromatic rings. The van der Waals surface area contributed by atoms with Crippen LogP contribution < -0.4 is 15.0 Å². The van der Waals surface area contributed by atoms with E-state index in [1.807, 2.05) is 0 Å². The van der Waals surface area contributed by atoms with Crippen molar-refractivity contribution in [2.24, 2.45) is 5.92 Å². The molecule has 2 N–H and O–H groups in total. The summed E-state index contributed by atoms with van der Waals surface area (Å²) >= 11 is 0.973. The number of hydrogen-bond donors (Lipinski definition) is 2. The second-order valence-corrected chi connectivity index (χ2v) is 14.0. The predicted octanol–water partition coefficient (Wildman–Crippen LogP) is 5.07. The number of thiazole rings is 1. The highest BCUT2D eigenvalue weighted by molar-refractivity contribution is 7.91. The minimum Gasteiger partial charge on any atom is -0.489 e. The summed E-state index contributed by atoms with van der Waals surface area (Å²) in [4.78, 5) is 19.3. The van der Waals surface area contributed by atoms with Crippen molar-refractivity contribution >= 4 is 32.2 Å². The molecule has 1 amide bonds. The van der Waals surface area contributed by atoms with Crippen LogP contribution >= 0.6 is 11.3 Å². The Balaban J connectivity index is 1.24. The van der Waals surface area contributed by atoms with E-state index in [1.54, 1.807) is 4.90 Å². The van der Waals surface area contributed by atoms with Gasteiger partial charge in [-0.15, -0.1) is 0 Å². The fourth-order valence-electron chi connectivity index (χ4n) is 5.02. The third kappa shape index (κ3) is 8.48. The third-order valence-corrected chi connectivity index (χ3v) is 10.5. The van der Waals surface area contributed by atoms with E-state index < -0.39 is 58.9 Å². The van der Waals surface area contributed by atoms with Crippen molar-refractivity contribution in [2.45, 2.75) is 55.1 Å². The van der Waals surface area contributed by atoms with Crippen molar-refractivity contribution in [3.8, 4) is 5.75 Å². The van der Waals surface area contributed by atoms with E-state index in [2.05, 4.69) is 15.0 Å². The fraction of sp³-hybridized carbons (Fsp3) is 0.448. The molecule has 2 fully saturated rings. The molecule has 2 aliphatic rings. The monoisotopic (exact) mass is 675 g/mol. The summed E-state index contributed by atoms with van der Waals surface area (Å²) in [5.41, 5.74) is -0.343. The van der Waals surface area contributed by atoms with Gasteiger partial charge >= 0.3 is 12.8 Å². The van der Waals surface area contributed by atoms with Crippen LogP contribution in [0.3, 0.4) is 0 Å². The fourth-order valence-corrected chi connectivity index (χ4v) is 7.61. The standard InChI is InChI=1S/C29H30F5N3O6S2/c30-27(31)42-15-20-11-22(43-21-7-5-19(6-8-21)29(32,33)34)13-37(20)28-35-12-25(44-28)26(39)36-24(14-38)18-3-9-23(10-4-18)45(40,41)16-17-1-2-17/h3-10,12,17,20,22,24,27,38H,1-2,11,13-16H2,(H,36,39)/t20-,22-,24-/m0/s1. The number of ether oxygens (including phenoxy) is 2. The highest BCUT2D eigenvalue weighted by Crippen LogP contribution is 2.35. The first-order valence-corrected chi connectivity index (χ1v) is 16.5. The summed E-state index contributed by atoms with van der Waals surface area (Å²) in [6.45, 7) is -3.73. The van der Waals surface area contributed by atoms with Gasteiger partial charge in [0.25, 0.3) is 5.91 Å². The van der Waals surface area contributed by atoms with Gasteiger partial charge in [0.15, 0.2) is 15.0 Å². The maximum Gasteiger partial charge on any atom is 0.416 e. The van der Waals surface area contributed by atoms with Gasteiger partial charge in [-0.3, -0.25) is 4.79 Å². The van der Waals surface area contributed by atoms with E-state index in [9.17, 15) is 40.3 Å². The van der Waals surface area contributed by atoms with Crippen LogP contribution in [0.15, 0.2) is 59.6 Å². The van der Waals surface area contributed by atoms with Gasteiger partial charge < -0.3 is 24.8 Å². The summed E-state index contributed by atoms with van der Waals surface area (Å²) < 4.78 is 99.9. The Morgan fingerprint density at radius 2 is 1.80 bits per heavy atom. The molecule has 1 saturated heterocycles. The first kappa shape index (κ1) is 33.0. The number of aliphatic hydroxyl groups is 1. The molecule has 1 aliphatic carbocycles. The minimum atomic E-state index is -4.50. The van der Waals surface area contributed by atoms with E-state index in [-0.39, 0.29) is 46.8 Å². The molecule has 2 heterocycles. The lowest BCUT2D eigenvalue weighted by Crippen LogP contribution is -2.34. The quantitative estimate of drug-likeness (QED) is 0.241. The number of nitrogens with one attached hydrogen (secondary N) is 1. The Morgan fingerprint density at radius 1 is 1.11 bits per heavy atom. The number of nitrogens with zero attached hydrogens (tertiary/aromatic N) is 2. The number of aliphatic hydroxyl groups excluding tert-OH is 1. The second kappa shape index (κ2) is 13.6. The van der Waals surface area contributed by atoms with Gasteiger partial charge in [-0.2, -0.15) is 22.0 Å². The van der Waals surface area contributed by atoms with E-state index in [4.69, 9.17) is 4.74 Å². The molecule has 2 aromatic carbocycles. The summed E-state index contributed by atoms with van der Waals surface area (Å²) in [5.74, 6) is -0.117. The number of aromatic nitrogens is 1. The number of hydrogen-bond acceptors (Lipinski definition) is 9. The molecule has 0 bridgehead atoms. The smallest absolute Gasteiger partial charge is 0.416 e. The predicted molar refractivity (Wildman–Crippen MR) is 154 cm³/mol. The molecule has 9 nitrogen and oxygen atoms in total. The van der Waals surface area contributed by atoms with Gasteiger partial charge in [-0.25, -0.2) is 13.4 Å². The first-order valence-electron chi connectivity index (χ1n) is 14.0. The largest absolute Gasteiger partial charge is 0.489 e. The van der Waals surface area contributed by atoms with Gasteiger partial charge in [0, 0.05) is 6.42 Å². The van der Waals surface area contributed by atoms with E-state index >= 15 is 0 Å². The molecule has 244 valence electrons. The number of anilines is 1. The van der Waals surface area contributed by atoms with Crippen molar-refractivity contribution < 1.29 is 49.7 Å². The van der Waals surface area contributed by atoms with Crippen molar-refractivity contribution in [3.05, 3.63) is 70.7 Å². The lowest BCUT2D eigenvalue weighted by Gasteiger charge is -2.23. The maximum atomic E-state index is 13.1. The number of amides is 1. The number of alkyl halides is 5. The molecule has 0 spiro atoms. The Morgan fingerprint density at radius 3 is 2.40 bits per heavy atom. The summed E-state index contributed by atoms with van der Waals surface area (Å²) in [6.07, 6.45) is -1.80. The minimum absolute atomic E-state index is 0.0916. The lowest BCUT2D eigenvalue weighted by atomic mass is 10.1. The second-order valence-electron chi connectivity index (χ2n) is 10.9. The number of benzene rings is 2. The Labute approximate surface area is 259 Å². The molecule has 1 aromatic heterocycles. The average Bonchev–Trinajstić information content (AvgIpc) is 3.49. The summed E-state index contributed by atoms with van der Waals surface area (Å²) in [7, 11) is -3.42. The molecular formula is C29H30F5N3O6S2. The van der Waals surface area contributed by atoms with Gasteiger partial charge in [0.2, 0.25) is 0 Å². The van der Waals surface area contributed by atoms with Crippen molar-refractivity contribution in [3.63, 3.8) is 0 Å². The molecule has 0 unspecified atom stereocenters. The van der Waals surface area contributed by atoms with Gasteiger partial charge in [0.1, 0.15) is 16.7 Å². The molecule has 1 saturated carbocycles. The zero-order valence-corrected chi connectivity index (χ0v) is 25.3. The number of carbonyl (C=O) groups is 1. The summed E-state index contributed by atoms with van der Waals surface area (Å²) in [5, 5.41) is 13.0. The molecule has 45 heavy (non-hydrogen) atoms. The van der Waals surface area contributed by atoms with Crippen LogP contribution in [0.4, 0.5) is 27.1 Å². The number of halogens is 5. The van der Waals surface area contributed by atoms with Gasteiger partial charge in [-0.05, 0) is 60.7 Å². The molecule has 1 aliphatic heterocycles. The molecule has 16 heteroatoms.